The van der Waals surface area contributed by atoms with Crippen LogP contribution in [0, 0.1) is 11.3 Å². The van der Waals surface area contributed by atoms with Gasteiger partial charge in [0.25, 0.3) is 5.91 Å². The van der Waals surface area contributed by atoms with Crippen molar-refractivity contribution < 1.29 is 9.53 Å². The van der Waals surface area contributed by atoms with Crippen LogP contribution < -0.4 is 10.5 Å². The van der Waals surface area contributed by atoms with Crippen LogP contribution in [0.5, 0.6) is 11.5 Å². The van der Waals surface area contributed by atoms with Crippen molar-refractivity contribution in [1.82, 2.24) is 0 Å². The molecule has 0 unspecified atom stereocenters. The number of carbonyl (C=O) groups is 1. The van der Waals surface area contributed by atoms with Gasteiger partial charge in [-0.3, -0.25) is 4.79 Å². The Morgan fingerprint density at radius 1 is 1.21 bits per heavy atom. The smallest absolute Gasteiger partial charge is 0.252 e. The molecule has 2 aromatic rings. The molecule has 0 bridgehead atoms. The molecular formula is C14H9BrN2O2. The van der Waals surface area contributed by atoms with E-state index >= 15 is 0 Å². The van der Waals surface area contributed by atoms with Gasteiger partial charge in [0.1, 0.15) is 11.5 Å². The second-order valence-corrected chi connectivity index (χ2v) is 4.57. The Morgan fingerprint density at radius 2 is 1.95 bits per heavy atom. The largest absolute Gasteiger partial charge is 0.455 e. The van der Waals surface area contributed by atoms with E-state index in [0.717, 1.165) is 0 Å². The van der Waals surface area contributed by atoms with Crippen LogP contribution in [-0.4, -0.2) is 5.91 Å². The van der Waals surface area contributed by atoms with Gasteiger partial charge >= 0.3 is 0 Å². The number of nitrogens with zero attached hydrogens (tertiary/aromatic N) is 1. The molecule has 19 heavy (non-hydrogen) atoms. The van der Waals surface area contributed by atoms with Gasteiger partial charge in [-0.25, -0.2) is 0 Å². The summed E-state index contributed by atoms with van der Waals surface area (Å²) in [5.74, 6) is 0.327. The van der Waals surface area contributed by atoms with E-state index in [-0.39, 0.29) is 0 Å². The topological polar surface area (TPSA) is 76.1 Å². The van der Waals surface area contributed by atoms with Gasteiger partial charge in [-0.05, 0) is 46.3 Å². The first kappa shape index (κ1) is 13.1. The number of halogens is 1. The highest BCUT2D eigenvalue weighted by Crippen LogP contribution is 2.31. The number of nitrogens with two attached hydrogens (primary N) is 1. The number of benzene rings is 2. The summed E-state index contributed by atoms with van der Waals surface area (Å²) in [7, 11) is 0. The number of para-hydroxylation sites is 1. The predicted octanol–water partition coefficient (Wildman–Crippen LogP) is 3.21. The summed E-state index contributed by atoms with van der Waals surface area (Å²) < 4.78 is 6.27. The van der Waals surface area contributed by atoms with E-state index < -0.39 is 5.91 Å². The second kappa shape index (κ2) is 5.55. The number of carbonyl (C=O) groups excluding carboxylic acids is 1. The summed E-state index contributed by atoms with van der Waals surface area (Å²) in [5, 5.41) is 8.79. The van der Waals surface area contributed by atoms with Gasteiger partial charge < -0.3 is 10.5 Å². The maximum absolute atomic E-state index is 11.3. The maximum atomic E-state index is 11.3. The predicted molar refractivity (Wildman–Crippen MR) is 73.9 cm³/mol. The molecule has 0 aromatic heterocycles. The molecular weight excluding hydrogens is 308 g/mol. The average molecular weight is 317 g/mol. The van der Waals surface area contributed by atoms with Crippen molar-refractivity contribution in [3.8, 4) is 17.6 Å². The van der Waals surface area contributed by atoms with Gasteiger partial charge in [0.05, 0.1) is 21.7 Å². The zero-order valence-electron chi connectivity index (χ0n) is 9.76. The van der Waals surface area contributed by atoms with Crippen LogP contribution in [0.15, 0.2) is 46.9 Å². The zero-order valence-corrected chi connectivity index (χ0v) is 11.3. The molecule has 0 atom stereocenters. The fourth-order valence-corrected chi connectivity index (χ4v) is 1.99. The van der Waals surface area contributed by atoms with E-state index in [4.69, 9.17) is 15.7 Å². The van der Waals surface area contributed by atoms with Crippen molar-refractivity contribution in [3.05, 3.63) is 58.1 Å². The van der Waals surface area contributed by atoms with Gasteiger partial charge in [0, 0.05) is 0 Å². The molecule has 4 nitrogen and oxygen atoms in total. The first-order valence-electron chi connectivity index (χ1n) is 5.38. The Labute approximate surface area is 118 Å². The van der Waals surface area contributed by atoms with Crippen LogP contribution in [0.2, 0.25) is 0 Å². The summed E-state index contributed by atoms with van der Waals surface area (Å²) in [5.41, 5.74) is 6.10. The van der Waals surface area contributed by atoms with E-state index in [9.17, 15) is 4.79 Å². The fraction of sp³-hybridized carbons (Fsp3) is 0. The van der Waals surface area contributed by atoms with Crippen LogP contribution in [0.4, 0.5) is 0 Å². The lowest BCUT2D eigenvalue weighted by molar-refractivity contribution is 0.0998. The number of ether oxygens (including phenoxy) is 1. The quantitative estimate of drug-likeness (QED) is 0.944. The summed E-state index contributed by atoms with van der Waals surface area (Å²) in [4.78, 5) is 11.3. The van der Waals surface area contributed by atoms with Crippen LogP contribution in [0.25, 0.3) is 0 Å². The van der Waals surface area contributed by atoms with E-state index in [2.05, 4.69) is 15.9 Å². The highest BCUT2D eigenvalue weighted by Gasteiger charge is 2.11. The molecule has 94 valence electrons. The first-order chi connectivity index (χ1) is 9.11. The number of nitriles is 1. The van der Waals surface area contributed by atoms with Crippen molar-refractivity contribution in [1.29, 1.82) is 5.26 Å². The van der Waals surface area contributed by atoms with E-state index in [1.54, 1.807) is 42.5 Å². The van der Waals surface area contributed by atoms with Crippen LogP contribution in [0.1, 0.15) is 15.9 Å². The number of primary amides is 1. The van der Waals surface area contributed by atoms with E-state index in [1.165, 1.54) is 0 Å². The van der Waals surface area contributed by atoms with E-state index in [1.807, 2.05) is 6.07 Å². The monoisotopic (exact) mass is 316 g/mol. The van der Waals surface area contributed by atoms with Crippen molar-refractivity contribution in [2.45, 2.75) is 0 Å². The lowest BCUT2D eigenvalue weighted by Crippen LogP contribution is -2.12. The molecule has 0 radical (unpaired) electrons. The summed E-state index contributed by atoms with van der Waals surface area (Å²) in [6.07, 6.45) is 0. The number of rotatable bonds is 3. The van der Waals surface area contributed by atoms with Gasteiger partial charge in [0.2, 0.25) is 0 Å². The van der Waals surface area contributed by atoms with Gasteiger partial charge in [-0.2, -0.15) is 5.26 Å². The molecule has 2 N–H and O–H groups in total. The summed E-state index contributed by atoms with van der Waals surface area (Å²) in [6.45, 7) is 0. The minimum atomic E-state index is -0.555. The third-order valence-corrected chi connectivity index (χ3v) is 3.05. The Kier molecular flexibility index (Phi) is 3.83. The number of hydrogen-bond donors (Lipinski definition) is 1. The van der Waals surface area contributed by atoms with Gasteiger partial charge in [-0.1, -0.05) is 12.1 Å². The molecule has 0 heterocycles. The molecule has 5 heteroatoms. The van der Waals surface area contributed by atoms with Crippen molar-refractivity contribution >= 4 is 21.8 Å². The first-order valence-corrected chi connectivity index (χ1v) is 6.17. The van der Waals surface area contributed by atoms with Crippen molar-refractivity contribution in [3.63, 3.8) is 0 Å². The number of amides is 1. The standard InChI is InChI=1S/C14H9BrN2O2/c15-11-7-9(8-16)5-6-13(11)19-12-4-2-1-3-10(12)14(17)18/h1-7H,(H2,17,18). The molecule has 0 saturated carbocycles. The molecule has 0 spiro atoms. The Morgan fingerprint density at radius 3 is 2.58 bits per heavy atom. The summed E-state index contributed by atoms with van der Waals surface area (Å²) in [6, 6.07) is 13.7. The summed E-state index contributed by atoms with van der Waals surface area (Å²) >= 11 is 3.31. The Hall–Kier alpha value is -2.32. The molecule has 1 amide bonds. The highest BCUT2D eigenvalue weighted by molar-refractivity contribution is 9.10. The van der Waals surface area contributed by atoms with Crippen molar-refractivity contribution in [2.75, 3.05) is 0 Å². The molecule has 0 aliphatic heterocycles. The lowest BCUT2D eigenvalue weighted by Gasteiger charge is -2.10. The SMILES string of the molecule is N#Cc1ccc(Oc2ccccc2C(N)=O)c(Br)c1. The highest BCUT2D eigenvalue weighted by atomic mass is 79.9. The van der Waals surface area contributed by atoms with Crippen LogP contribution in [0.3, 0.4) is 0 Å². The minimum absolute atomic E-state index is 0.304. The molecule has 2 rings (SSSR count). The minimum Gasteiger partial charge on any atom is -0.455 e. The number of hydrogen-bond acceptors (Lipinski definition) is 3. The lowest BCUT2D eigenvalue weighted by atomic mass is 10.2. The second-order valence-electron chi connectivity index (χ2n) is 3.72. The molecule has 2 aromatic carbocycles. The molecule has 0 fully saturated rings. The fourth-order valence-electron chi connectivity index (χ4n) is 1.53. The van der Waals surface area contributed by atoms with Gasteiger partial charge in [0.15, 0.2) is 0 Å². The van der Waals surface area contributed by atoms with E-state index in [0.29, 0.717) is 27.1 Å². The Bertz CT molecular complexity index is 677. The van der Waals surface area contributed by atoms with Crippen LogP contribution >= 0.6 is 15.9 Å². The third-order valence-electron chi connectivity index (χ3n) is 2.43. The molecule has 0 aliphatic carbocycles. The molecule has 0 saturated heterocycles. The normalized spacial score (nSPS) is 9.68. The van der Waals surface area contributed by atoms with Gasteiger partial charge in [-0.15, -0.1) is 0 Å². The zero-order chi connectivity index (χ0) is 13.8. The average Bonchev–Trinajstić information content (AvgIpc) is 2.41. The molecule has 0 aliphatic rings. The maximum Gasteiger partial charge on any atom is 0.252 e. The Balaban J connectivity index is 2.37. The third kappa shape index (κ3) is 2.92. The van der Waals surface area contributed by atoms with Crippen molar-refractivity contribution in [2.24, 2.45) is 5.73 Å². The van der Waals surface area contributed by atoms with Crippen LogP contribution in [-0.2, 0) is 0 Å².